The van der Waals surface area contributed by atoms with Crippen LogP contribution in [-0.2, 0) is 14.4 Å². The summed E-state index contributed by atoms with van der Waals surface area (Å²) < 4.78 is 5.71. The Morgan fingerprint density at radius 2 is 1.82 bits per heavy atom. The first-order chi connectivity index (χ1) is 15.9. The third kappa shape index (κ3) is 3.76. The molecule has 3 amide bonds. The van der Waals surface area contributed by atoms with Gasteiger partial charge < -0.3 is 20.3 Å². The SMILES string of the molecule is Cc1ccc(N2C(=O)CC(C(=O)N3CC(C(N)=O)Oc4ccccc43)C2c2cccs2)cc1. The monoisotopic (exact) mass is 461 g/mol. The minimum absolute atomic E-state index is 0.0115. The Morgan fingerprint density at radius 1 is 1.06 bits per heavy atom. The molecular weight excluding hydrogens is 438 g/mol. The lowest BCUT2D eigenvalue weighted by molar-refractivity contribution is -0.127. The molecule has 3 heterocycles. The third-order valence-electron chi connectivity index (χ3n) is 6.14. The summed E-state index contributed by atoms with van der Waals surface area (Å²) in [4.78, 5) is 43.3. The first-order valence-electron chi connectivity index (χ1n) is 10.7. The van der Waals surface area contributed by atoms with E-state index in [-0.39, 0.29) is 24.8 Å². The molecule has 7 nitrogen and oxygen atoms in total. The van der Waals surface area contributed by atoms with Gasteiger partial charge in [-0.3, -0.25) is 14.4 Å². The summed E-state index contributed by atoms with van der Waals surface area (Å²) in [5.74, 6) is -1.16. The van der Waals surface area contributed by atoms with E-state index in [1.54, 1.807) is 28.0 Å². The molecule has 0 spiro atoms. The molecule has 2 aromatic carbocycles. The number of hydrogen-bond acceptors (Lipinski definition) is 5. The van der Waals surface area contributed by atoms with Crippen molar-refractivity contribution in [1.82, 2.24) is 0 Å². The van der Waals surface area contributed by atoms with Crippen molar-refractivity contribution in [1.29, 1.82) is 0 Å². The summed E-state index contributed by atoms with van der Waals surface area (Å²) in [7, 11) is 0. The molecule has 2 aliphatic rings. The number of ether oxygens (including phenoxy) is 1. The topological polar surface area (TPSA) is 92.9 Å². The quantitative estimate of drug-likeness (QED) is 0.644. The maximum absolute atomic E-state index is 14.0. The number of primary amides is 1. The predicted molar refractivity (Wildman–Crippen MR) is 126 cm³/mol. The normalized spacial score (nSPS) is 22.1. The maximum Gasteiger partial charge on any atom is 0.260 e. The molecule has 1 fully saturated rings. The van der Waals surface area contributed by atoms with Crippen LogP contribution in [0.2, 0.25) is 0 Å². The van der Waals surface area contributed by atoms with Crippen LogP contribution >= 0.6 is 11.3 Å². The molecule has 2 aliphatic heterocycles. The fourth-order valence-electron chi connectivity index (χ4n) is 4.54. The Hall–Kier alpha value is -3.65. The second-order valence-corrected chi connectivity index (χ2v) is 9.27. The van der Waals surface area contributed by atoms with Gasteiger partial charge in [0.25, 0.3) is 5.91 Å². The van der Waals surface area contributed by atoms with Crippen LogP contribution in [0, 0.1) is 12.8 Å². The number of aryl methyl sites for hydroxylation is 1. The first kappa shape index (κ1) is 21.2. The number of nitrogens with zero attached hydrogens (tertiary/aromatic N) is 2. The number of carbonyl (C=O) groups excluding carboxylic acids is 3. The van der Waals surface area contributed by atoms with E-state index in [0.29, 0.717) is 11.4 Å². The van der Waals surface area contributed by atoms with Crippen LogP contribution in [0.25, 0.3) is 0 Å². The lowest BCUT2D eigenvalue weighted by atomic mass is 9.95. The number of amides is 3. The Balaban J connectivity index is 1.55. The van der Waals surface area contributed by atoms with Crippen molar-refractivity contribution >= 4 is 40.4 Å². The fraction of sp³-hybridized carbons (Fsp3) is 0.240. The zero-order valence-electron chi connectivity index (χ0n) is 18.0. The first-order valence-corrected chi connectivity index (χ1v) is 11.6. The number of carbonyl (C=O) groups is 3. The molecule has 0 saturated carbocycles. The van der Waals surface area contributed by atoms with Crippen LogP contribution in [0.1, 0.15) is 22.9 Å². The second kappa shape index (κ2) is 8.37. The number of hydrogen-bond donors (Lipinski definition) is 1. The Bertz CT molecular complexity index is 1210. The standard InChI is InChI=1S/C25H23N3O4S/c1-15-8-10-16(11-9-15)28-22(29)13-17(23(28)21-7-4-12-33-21)25(31)27-14-20(24(26)30)32-19-6-3-2-5-18(19)27/h2-12,17,20,23H,13-14H2,1H3,(H2,26,30). The Labute approximate surface area is 195 Å². The van der Waals surface area contributed by atoms with Crippen molar-refractivity contribution in [3.05, 3.63) is 76.5 Å². The minimum atomic E-state index is -0.950. The average molecular weight is 462 g/mol. The van der Waals surface area contributed by atoms with Crippen LogP contribution in [0.3, 0.4) is 0 Å². The van der Waals surface area contributed by atoms with Crippen LogP contribution < -0.4 is 20.3 Å². The minimum Gasteiger partial charge on any atom is -0.477 e. The molecule has 3 aromatic rings. The largest absolute Gasteiger partial charge is 0.477 e. The molecule has 0 aliphatic carbocycles. The van der Waals surface area contributed by atoms with Crippen LogP contribution in [-0.4, -0.2) is 30.4 Å². The summed E-state index contributed by atoms with van der Waals surface area (Å²) in [5, 5.41) is 1.94. The predicted octanol–water partition coefficient (Wildman–Crippen LogP) is 3.43. The highest BCUT2D eigenvalue weighted by molar-refractivity contribution is 7.10. The zero-order chi connectivity index (χ0) is 23.1. The van der Waals surface area contributed by atoms with E-state index in [0.717, 1.165) is 16.1 Å². The molecule has 1 saturated heterocycles. The van der Waals surface area contributed by atoms with E-state index in [1.807, 2.05) is 54.8 Å². The third-order valence-corrected chi connectivity index (χ3v) is 7.09. The zero-order valence-corrected chi connectivity index (χ0v) is 18.8. The fourth-order valence-corrected chi connectivity index (χ4v) is 5.42. The van der Waals surface area contributed by atoms with Gasteiger partial charge >= 0.3 is 0 Å². The lowest BCUT2D eigenvalue weighted by Crippen LogP contribution is -2.51. The lowest BCUT2D eigenvalue weighted by Gasteiger charge is -2.36. The van der Waals surface area contributed by atoms with E-state index in [1.165, 1.54) is 11.3 Å². The molecule has 3 atom stereocenters. The van der Waals surface area contributed by atoms with Crippen molar-refractivity contribution in [3.8, 4) is 5.75 Å². The van der Waals surface area contributed by atoms with Crippen molar-refractivity contribution in [3.63, 3.8) is 0 Å². The number of rotatable bonds is 4. The maximum atomic E-state index is 14.0. The van der Waals surface area contributed by atoms with E-state index in [4.69, 9.17) is 10.5 Å². The molecule has 33 heavy (non-hydrogen) atoms. The molecular formula is C25H23N3O4S. The molecule has 5 rings (SSSR count). The van der Waals surface area contributed by atoms with Crippen molar-refractivity contribution in [2.75, 3.05) is 16.3 Å². The van der Waals surface area contributed by atoms with Gasteiger partial charge in [-0.15, -0.1) is 11.3 Å². The summed E-state index contributed by atoms with van der Waals surface area (Å²) in [6, 6.07) is 18.2. The van der Waals surface area contributed by atoms with Gasteiger partial charge in [0.2, 0.25) is 11.8 Å². The highest BCUT2D eigenvalue weighted by Crippen LogP contribution is 2.45. The van der Waals surface area contributed by atoms with E-state index >= 15 is 0 Å². The summed E-state index contributed by atoms with van der Waals surface area (Å²) in [6.07, 6.45) is -0.870. The summed E-state index contributed by atoms with van der Waals surface area (Å²) in [6.45, 7) is 2.00. The van der Waals surface area contributed by atoms with Gasteiger partial charge in [-0.05, 0) is 42.6 Å². The van der Waals surface area contributed by atoms with E-state index in [9.17, 15) is 14.4 Å². The molecule has 8 heteroatoms. The van der Waals surface area contributed by atoms with Gasteiger partial charge in [-0.1, -0.05) is 35.9 Å². The molecule has 0 bridgehead atoms. The number of nitrogens with two attached hydrogens (primary N) is 1. The summed E-state index contributed by atoms with van der Waals surface area (Å²) in [5.41, 5.74) is 7.94. The molecule has 1 aromatic heterocycles. The number of anilines is 2. The Kier molecular flexibility index (Phi) is 5.38. The van der Waals surface area contributed by atoms with Crippen LogP contribution in [0.15, 0.2) is 66.0 Å². The molecule has 2 N–H and O–H groups in total. The number of fused-ring (bicyclic) bond motifs is 1. The van der Waals surface area contributed by atoms with Crippen LogP contribution in [0.5, 0.6) is 5.75 Å². The van der Waals surface area contributed by atoms with Gasteiger partial charge in [0.15, 0.2) is 6.10 Å². The second-order valence-electron chi connectivity index (χ2n) is 8.30. The van der Waals surface area contributed by atoms with Crippen LogP contribution in [0.4, 0.5) is 11.4 Å². The van der Waals surface area contributed by atoms with Gasteiger partial charge in [0.05, 0.1) is 24.2 Å². The number of benzene rings is 2. The number of para-hydroxylation sites is 2. The summed E-state index contributed by atoms with van der Waals surface area (Å²) >= 11 is 1.52. The molecule has 0 radical (unpaired) electrons. The van der Waals surface area contributed by atoms with Crippen molar-refractivity contribution in [2.24, 2.45) is 11.7 Å². The Morgan fingerprint density at radius 3 is 2.52 bits per heavy atom. The van der Waals surface area contributed by atoms with E-state index < -0.39 is 24.0 Å². The average Bonchev–Trinajstić information content (AvgIpc) is 3.46. The van der Waals surface area contributed by atoms with Crippen molar-refractivity contribution < 1.29 is 19.1 Å². The smallest absolute Gasteiger partial charge is 0.260 e. The van der Waals surface area contributed by atoms with Crippen molar-refractivity contribution in [2.45, 2.75) is 25.5 Å². The molecule has 3 unspecified atom stereocenters. The van der Waals surface area contributed by atoms with Gasteiger partial charge in [-0.2, -0.15) is 0 Å². The van der Waals surface area contributed by atoms with Gasteiger partial charge in [0, 0.05) is 17.0 Å². The van der Waals surface area contributed by atoms with Gasteiger partial charge in [0.1, 0.15) is 5.75 Å². The number of thiophene rings is 1. The van der Waals surface area contributed by atoms with Gasteiger partial charge in [-0.25, -0.2) is 0 Å². The highest BCUT2D eigenvalue weighted by Gasteiger charge is 2.48. The highest BCUT2D eigenvalue weighted by atomic mass is 32.1. The molecule has 168 valence electrons. The van der Waals surface area contributed by atoms with E-state index in [2.05, 4.69) is 0 Å².